The lowest BCUT2D eigenvalue weighted by atomic mass is 10.2. The lowest BCUT2D eigenvalue weighted by Gasteiger charge is -2.09. The van der Waals surface area contributed by atoms with E-state index in [1.54, 1.807) is 0 Å². The summed E-state index contributed by atoms with van der Waals surface area (Å²) in [6.07, 6.45) is 0. The van der Waals surface area contributed by atoms with Gasteiger partial charge in [0.2, 0.25) is 0 Å². The highest BCUT2D eigenvalue weighted by Gasteiger charge is 2.05. The van der Waals surface area contributed by atoms with Gasteiger partial charge in [-0.3, -0.25) is 0 Å². The first-order valence-corrected chi connectivity index (χ1v) is 8.51. The molecule has 0 saturated heterocycles. The summed E-state index contributed by atoms with van der Waals surface area (Å²) in [5, 5.41) is 0. The van der Waals surface area contributed by atoms with Crippen LogP contribution in [-0.4, -0.2) is 0 Å². The topological polar surface area (TPSA) is 0 Å². The van der Waals surface area contributed by atoms with Crippen molar-refractivity contribution >= 4 is 23.5 Å². The van der Waals surface area contributed by atoms with Crippen molar-refractivity contribution in [3.05, 3.63) is 84.4 Å². The molecule has 0 bridgehead atoms. The smallest absolute Gasteiger partial charge is 0.0261 e. The summed E-state index contributed by atoms with van der Waals surface area (Å²) in [5.41, 5.74) is 1.30. The normalized spacial score (nSPS) is 10.5. The van der Waals surface area contributed by atoms with Crippen molar-refractivity contribution in [3.63, 3.8) is 0 Å². The van der Waals surface area contributed by atoms with E-state index in [0.717, 1.165) is 0 Å². The summed E-state index contributed by atoms with van der Waals surface area (Å²) in [6, 6.07) is 27.8. The fourth-order valence-electron chi connectivity index (χ4n) is 1.97. The van der Waals surface area contributed by atoms with E-state index in [2.05, 4.69) is 85.8 Å². The van der Waals surface area contributed by atoms with E-state index in [4.69, 9.17) is 0 Å². The summed E-state index contributed by atoms with van der Waals surface area (Å²) in [7, 11) is 0. The summed E-state index contributed by atoms with van der Waals surface area (Å²) in [6.45, 7) is 2.12. The molecule has 0 nitrogen and oxygen atoms in total. The number of benzene rings is 3. The van der Waals surface area contributed by atoms with Gasteiger partial charge in [-0.15, -0.1) is 0 Å². The molecule has 3 aromatic carbocycles. The molecule has 3 rings (SSSR count). The summed E-state index contributed by atoms with van der Waals surface area (Å²) in [5.74, 6) is 0. The van der Waals surface area contributed by atoms with Crippen LogP contribution in [0, 0.1) is 6.92 Å². The van der Waals surface area contributed by atoms with Crippen LogP contribution in [0.2, 0.25) is 0 Å². The highest BCUT2D eigenvalue weighted by atomic mass is 32.2. The van der Waals surface area contributed by atoms with Gasteiger partial charge in [-0.1, -0.05) is 71.6 Å². The molecule has 0 aliphatic heterocycles. The Kier molecular flexibility index (Phi) is 4.69. The molecule has 0 aromatic heterocycles. The van der Waals surface area contributed by atoms with Gasteiger partial charge < -0.3 is 0 Å². The van der Waals surface area contributed by atoms with Crippen LogP contribution in [0.25, 0.3) is 0 Å². The maximum absolute atomic E-state index is 2.19. The van der Waals surface area contributed by atoms with E-state index >= 15 is 0 Å². The Morgan fingerprint density at radius 3 is 1.57 bits per heavy atom. The van der Waals surface area contributed by atoms with Gasteiger partial charge >= 0.3 is 0 Å². The Hall–Kier alpha value is -1.64. The average molecular weight is 308 g/mol. The van der Waals surface area contributed by atoms with Crippen LogP contribution >= 0.6 is 23.5 Å². The zero-order valence-corrected chi connectivity index (χ0v) is 13.5. The number of rotatable bonds is 4. The van der Waals surface area contributed by atoms with Crippen LogP contribution < -0.4 is 0 Å². The Morgan fingerprint density at radius 1 is 0.524 bits per heavy atom. The molecule has 0 saturated carbocycles. The van der Waals surface area contributed by atoms with Gasteiger partial charge in [-0.05, 0) is 43.3 Å². The van der Waals surface area contributed by atoms with Crippen molar-refractivity contribution < 1.29 is 0 Å². The van der Waals surface area contributed by atoms with Gasteiger partial charge in [0.05, 0.1) is 0 Å². The standard InChI is InChI=1S/C19H16S2/c1-15-11-13-17(14-12-15)21-19-10-6-5-9-18(19)20-16-7-3-2-4-8-16/h2-14H,1H3. The Balaban J connectivity index is 1.84. The largest absolute Gasteiger partial charge is 0.0889 e. The lowest BCUT2D eigenvalue weighted by molar-refractivity contribution is 1.23. The first-order valence-electron chi connectivity index (χ1n) is 6.88. The molecule has 0 amide bonds. The molecule has 2 heteroatoms. The molecule has 104 valence electrons. The first kappa shape index (κ1) is 14.3. The van der Waals surface area contributed by atoms with Crippen LogP contribution in [0.15, 0.2) is 98.4 Å². The first-order chi connectivity index (χ1) is 10.3. The van der Waals surface area contributed by atoms with Crippen molar-refractivity contribution in [2.45, 2.75) is 26.5 Å². The molecule has 0 fully saturated rings. The highest BCUT2D eigenvalue weighted by molar-refractivity contribution is 8.02. The van der Waals surface area contributed by atoms with E-state index in [1.165, 1.54) is 25.1 Å². The van der Waals surface area contributed by atoms with Crippen molar-refractivity contribution in [2.75, 3.05) is 0 Å². The molecule has 0 radical (unpaired) electrons. The SMILES string of the molecule is Cc1ccc(Sc2ccccc2Sc2ccccc2)cc1. The van der Waals surface area contributed by atoms with Gasteiger partial charge in [-0.25, -0.2) is 0 Å². The van der Waals surface area contributed by atoms with Gasteiger partial charge in [-0.2, -0.15) is 0 Å². The third-order valence-corrected chi connectivity index (χ3v) is 5.37. The molecule has 0 aliphatic carbocycles. The number of aryl methyl sites for hydroxylation is 1. The third-order valence-electron chi connectivity index (χ3n) is 3.07. The van der Waals surface area contributed by atoms with E-state index in [1.807, 2.05) is 23.5 Å². The Morgan fingerprint density at radius 2 is 1.00 bits per heavy atom. The predicted octanol–water partition coefficient (Wildman–Crippen LogP) is 6.30. The van der Waals surface area contributed by atoms with Crippen molar-refractivity contribution in [2.24, 2.45) is 0 Å². The van der Waals surface area contributed by atoms with Gasteiger partial charge in [0.1, 0.15) is 0 Å². The van der Waals surface area contributed by atoms with Crippen molar-refractivity contribution in [1.82, 2.24) is 0 Å². The summed E-state index contributed by atoms with van der Waals surface area (Å²) >= 11 is 3.64. The van der Waals surface area contributed by atoms with E-state index in [0.29, 0.717) is 0 Å². The fourth-order valence-corrected chi connectivity index (χ4v) is 3.92. The minimum atomic E-state index is 1.27. The quantitative estimate of drug-likeness (QED) is 0.555. The van der Waals surface area contributed by atoms with Crippen molar-refractivity contribution in [3.8, 4) is 0 Å². The molecular formula is C19H16S2. The summed E-state index contributed by atoms with van der Waals surface area (Å²) in [4.78, 5) is 5.15. The molecule has 0 N–H and O–H groups in total. The molecule has 0 heterocycles. The molecule has 0 unspecified atom stereocenters. The van der Waals surface area contributed by atoms with E-state index in [9.17, 15) is 0 Å². The maximum atomic E-state index is 2.19. The Labute approximate surface area is 134 Å². The average Bonchev–Trinajstić information content (AvgIpc) is 2.52. The summed E-state index contributed by atoms with van der Waals surface area (Å²) < 4.78 is 0. The zero-order chi connectivity index (χ0) is 14.5. The molecule has 0 atom stereocenters. The van der Waals surface area contributed by atoms with Crippen LogP contribution in [0.3, 0.4) is 0 Å². The second-order valence-corrected chi connectivity index (χ2v) is 7.01. The van der Waals surface area contributed by atoms with Gasteiger partial charge in [0, 0.05) is 19.6 Å². The maximum Gasteiger partial charge on any atom is 0.0261 e. The van der Waals surface area contributed by atoms with E-state index < -0.39 is 0 Å². The molecule has 0 spiro atoms. The van der Waals surface area contributed by atoms with E-state index in [-0.39, 0.29) is 0 Å². The molecule has 0 aliphatic rings. The molecule has 21 heavy (non-hydrogen) atoms. The third kappa shape index (κ3) is 3.93. The molecule has 3 aromatic rings. The van der Waals surface area contributed by atoms with Crippen LogP contribution in [0.5, 0.6) is 0 Å². The van der Waals surface area contributed by atoms with Crippen LogP contribution in [0.4, 0.5) is 0 Å². The number of hydrogen-bond donors (Lipinski definition) is 0. The lowest BCUT2D eigenvalue weighted by Crippen LogP contribution is -1.80. The second-order valence-electron chi connectivity index (χ2n) is 4.78. The predicted molar refractivity (Wildman–Crippen MR) is 92.3 cm³/mol. The molecular weight excluding hydrogens is 292 g/mol. The highest BCUT2D eigenvalue weighted by Crippen LogP contribution is 2.38. The van der Waals surface area contributed by atoms with Gasteiger partial charge in [0.25, 0.3) is 0 Å². The number of hydrogen-bond acceptors (Lipinski definition) is 2. The van der Waals surface area contributed by atoms with Crippen LogP contribution in [0.1, 0.15) is 5.56 Å². The fraction of sp³-hybridized carbons (Fsp3) is 0.0526. The Bertz CT molecular complexity index is 703. The van der Waals surface area contributed by atoms with Gasteiger partial charge in [0.15, 0.2) is 0 Å². The zero-order valence-electron chi connectivity index (χ0n) is 11.8. The van der Waals surface area contributed by atoms with Crippen molar-refractivity contribution in [1.29, 1.82) is 0 Å². The minimum Gasteiger partial charge on any atom is -0.0889 e. The van der Waals surface area contributed by atoms with Crippen LogP contribution in [-0.2, 0) is 0 Å². The monoisotopic (exact) mass is 308 g/mol. The second kappa shape index (κ2) is 6.88. The minimum absolute atomic E-state index is 1.27.